The predicted octanol–water partition coefficient (Wildman–Crippen LogP) is 1.65. The lowest BCUT2D eigenvalue weighted by Crippen LogP contribution is -2.35. The summed E-state index contributed by atoms with van der Waals surface area (Å²) in [5, 5.41) is 0. The van der Waals surface area contributed by atoms with Crippen LogP contribution in [0.1, 0.15) is 5.56 Å². The number of halogens is 4. The van der Waals surface area contributed by atoms with Gasteiger partial charge in [-0.25, -0.2) is 15.2 Å². The Kier molecular flexibility index (Phi) is 1.80. The Morgan fingerprint density at radius 1 is 1.07 bits per heavy atom. The Hall–Kier alpha value is -1.14. The number of hydrogen-bond acceptors (Lipinski definition) is 2. The van der Waals surface area contributed by atoms with E-state index in [4.69, 9.17) is 0 Å². The summed E-state index contributed by atoms with van der Waals surface area (Å²) >= 11 is 0. The summed E-state index contributed by atoms with van der Waals surface area (Å²) in [5.41, 5.74) is 1.02. The van der Waals surface area contributed by atoms with E-state index in [0.29, 0.717) is 0 Å². The van der Waals surface area contributed by atoms with Crippen LogP contribution in [0.2, 0.25) is 0 Å². The van der Waals surface area contributed by atoms with Crippen LogP contribution in [0, 0.1) is 5.82 Å². The average Bonchev–Trinajstić information content (AvgIpc) is 2.84. The summed E-state index contributed by atoms with van der Waals surface area (Å²) in [4.78, 5) is 0. The van der Waals surface area contributed by atoms with Gasteiger partial charge in [-0.15, -0.1) is 0 Å². The van der Waals surface area contributed by atoms with Crippen molar-refractivity contribution in [3.05, 3.63) is 35.6 Å². The van der Waals surface area contributed by atoms with Gasteiger partial charge in [0.2, 0.25) is 5.66 Å². The van der Waals surface area contributed by atoms with Crippen LogP contribution in [0.4, 0.5) is 17.6 Å². The largest absolute Gasteiger partial charge is 0.426 e. The SMILES string of the molecule is Fc1ccccc1C1(C(F)(F)F)NN1. The highest BCUT2D eigenvalue weighted by Crippen LogP contribution is 2.42. The predicted molar refractivity (Wildman–Crippen MR) is 40.4 cm³/mol. The Bertz CT molecular complexity index is 357. The topological polar surface area (TPSA) is 43.9 Å². The van der Waals surface area contributed by atoms with E-state index in [9.17, 15) is 17.6 Å². The van der Waals surface area contributed by atoms with E-state index in [0.717, 1.165) is 12.1 Å². The summed E-state index contributed by atoms with van der Waals surface area (Å²) in [6.45, 7) is 0. The number of rotatable bonds is 1. The smallest absolute Gasteiger partial charge is 0.222 e. The van der Waals surface area contributed by atoms with Gasteiger partial charge in [0.1, 0.15) is 5.82 Å². The molecule has 0 aromatic heterocycles. The first-order valence-corrected chi connectivity index (χ1v) is 3.83. The molecule has 1 saturated heterocycles. The first-order valence-electron chi connectivity index (χ1n) is 3.83. The maximum atomic E-state index is 13.1. The molecular weight excluding hydrogens is 200 g/mol. The van der Waals surface area contributed by atoms with Gasteiger partial charge in [0.25, 0.3) is 0 Å². The van der Waals surface area contributed by atoms with E-state index in [2.05, 4.69) is 0 Å². The number of hydrazine groups is 1. The molecule has 76 valence electrons. The molecule has 0 atom stereocenters. The van der Waals surface area contributed by atoms with Crippen molar-refractivity contribution < 1.29 is 17.6 Å². The van der Waals surface area contributed by atoms with Crippen LogP contribution in [0.25, 0.3) is 0 Å². The lowest BCUT2D eigenvalue weighted by atomic mass is 10.0. The maximum absolute atomic E-state index is 13.1. The summed E-state index contributed by atoms with van der Waals surface area (Å²) in [7, 11) is 0. The molecule has 2 N–H and O–H groups in total. The standard InChI is InChI=1S/C8H6F4N2/c9-6-4-2-1-3-5(6)7(13-14-7)8(10,11)12/h1-4,13-14H. The van der Waals surface area contributed by atoms with Crippen LogP contribution < -0.4 is 10.9 Å². The van der Waals surface area contributed by atoms with Crippen LogP contribution in [0.5, 0.6) is 0 Å². The lowest BCUT2D eigenvalue weighted by Gasteiger charge is -2.16. The molecule has 2 nitrogen and oxygen atoms in total. The third kappa shape index (κ3) is 1.18. The highest BCUT2D eigenvalue weighted by Gasteiger charge is 2.66. The van der Waals surface area contributed by atoms with Gasteiger partial charge in [0.15, 0.2) is 0 Å². The minimum Gasteiger partial charge on any atom is -0.222 e. The molecular formula is C8H6F4N2. The van der Waals surface area contributed by atoms with E-state index >= 15 is 0 Å². The van der Waals surface area contributed by atoms with Crippen molar-refractivity contribution >= 4 is 0 Å². The van der Waals surface area contributed by atoms with E-state index in [1.54, 1.807) is 0 Å². The van der Waals surface area contributed by atoms with Gasteiger partial charge in [-0.05, 0) is 6.07 Å². The Morgan fingerprint density at radius 3 is 2.07 bits per heavy atom. The molecule has 1 heterocycles. The second-order valence-corrected chi connectivity index (χ2v) is 2.98. The van der Waals surface area contributed by atoms with E-state index in [-0.39, 0.29) is 0 Å². The lowest BCUT2D eigenvalue weighted by molar-refractivity contribution is -0.166. The zero-order chi connectivity index (χ0) is 10.4. The third-order valence-electron chi connectivity index (χ3n) is 2.08. The number of benzene rings is 1. The normalized spacial score (nSPS) is 19.4. The first kappa shape index (κ1) is 9.42. The van der Waals surface area contributed by atoms with Crippen molar-refractivity contribution in [2.75, 3.05) is 0 Å². The molecule has 1 aromatic carbocycles. The van der Waals surface area contributed by atoms with Gasteiger partial charge in [0.05, 0.1) is 0 Å². The summed E-state index contributed by atoms with van der Waals surface area (Å²) in [6, 6.07) is 4.78. The van der Waals surface area contributed by atoms with E-state index < -0.39 is 23.2 Å². The molecule has 6 heteroatoms. The number of hydrogen-bond donors (Lipinski definition) is 2. The van der Waals surface area contributed by atoms with Crippen LogP contribution in [0.3, 0.4) is 0 Å². The fourth-order valence-corrected chi connectivity index (χ4v) is 1.26. The molecule has 0 saturated carbocycles. The number of alkyl halides is 3. The molecule has 1 fully saturated rings. The fraction of sp³-hybridized carbons (Fsp3) is 0.250. The monoisotopic (exact) mass is 206 g/mol. The van der Waals surface area contributed by atoms with Crippen molar-refractivity contribution in [3.63, 3.8) is 0 Å². The van der Waals surface area contributed by atoms with Crippen molar-refractivity contribution in [1.82, 2.24) is 10.9 Å². The molecule has 0 radical (unpaired) electrons. The molecule has 0 spiro atoms. The summed E-state index contributed by atoms with van der Waals surface area (Å²) in [5.74, 6) is -0.887. The van der Waals surface area contributed by atoms with Crippen LogP contribution in [0.15, 0.2) is 24.3 Å². The van der Waals surface area contributed by atoms with Crippen molar-refractivity contribution in [2.45, 2.75) is 11.8 Å². The third-order valence-corrected chi connectivity index (χ3v) is 2.08. The quantitative estimate of drug-likeness (QED) is 0.542. The van der Waals surface area contributed by atoms with E-state index in [1.807, 2.05) is 10.9 Å². The van der Waals surface area contributed by atoms with Crippen LogP contribution >= 0.6 is 0 Å². The molecule has 1 aliphatic rings. The minimum atomic E-state index is -4.56. The highest BCUT2D eigenvalue weighted by atomic mass is 19.4. The Labute approximate surface area is 76.9 Å². The molecule has 1 aliphatic heterocycles. The zero-order valence-electron chi connectivity index (χ0n) is 6.82. The van der Waals surface area contributed by atoms with Crippen molar-refractivity contribution in [2.24, 2.45) is 0 Å². The molecule has 0 unspecified atom stereocenters. The minimum absolute atomic E-state index is 0.437. The molecule has 0 bridgehead atoms. The number of nitrogens with one attached hydrogen (secondary N) is 2. The van der Waals surface area contributed by atoms with Gasteiger partial charge in [0, 0.05) is 5.56 Å². The van der Waals surface area contributed by atoms with Crippen molar-refractivity contribution in [3.8, 4) is 0 Å². The Balaban J connectivity index is 2.46. The summed E-state index contributed by atoms with van der Waals surface area (Å²) < 4.78 is 50.5. The van der Waals surface area contributed by atoms with Gasteiger partial charge in [-0.3, -0.25) is 0 Å². The molecule has 0 aliphatic carbocycles. The maximum Gasteiger partial charge on any atom is 0.426 e. The van der Waals surface area contributed by atoms with Gasteiger partial charge >= 0.3 is 6.18 Å². The molecule has 14 heavy (non-hydrogen) atoms. The second kappa shape index (κ2) is 2.68. The Morgan fingerprint density at radius 2 is 1.64 bits per heavy atom. The summed E-state index contributed by atoms with van der Waals surface area (Å²) in [6.07, 6.45) is -4.56. The molecule has 2 rings (SSSR count). The van der Waals surface area contributed by atoms with Gasteiger partial charge in [-0.2, -0.15) is 13.2 Å². The van der Waals surface area contributed by atoms with Gasteiger partial charge < -0.3 is 0 Å². The molecule has 1 aromatic rings. The highest BCUT2D eigenvalue weighted by molar-refractivity contribution is 5.31. The first-order chi connectivity index (χ1) is 6.47. The zero-order valence-corrected chi connectivity index (χ0v) is 6.82. The second-order valence-electron chi connectivity index (χ2n) is 2.98. The van der Waals surface area contributed by atoms with Crippen LogP contribution in [-0.2, 0) is 5.66 Å². The average molecular weight is 206 g/mol. The van der Waals surface area contributed by atoms with Crippen molar-refractivity contribution in [1.29, 1.82) is 0 Å². The molecule has 0 amide bonds. The van der Waals surface area contributed by atoms with E-state index in [1.165, 1.54) is 12.1 Å². The van der Waals surface area contributed by atoms with Crippen LogP contribution in [-0.4, -0.2) is 6.18 Å². The fourth-order valence-electron chi connectivity index (χ4n) is 1.26. The van der Waals surface area contributed by atoms with Gasteiger partial charge in [-0.1, -0.05) is 18.2 Å².